The molecule has 1 amide bonds. The molecule has 0 aliphatic carbocycles. The van der Waals surface area contributed by atoms with Crippen molar-refractivity contribution in [2.24, 2.45) is 0 Å². The zero-order valence-electron chi connectivity index (χ0n) is 36.4. The van der Waals surface area contributed by atoms with Crippen LogP contribution in [0.5, 0.6) is 0 Å². The number of aliphatic hydroxyl groups is 2. The predicted molar refractivity (Wildman–Crippen MR) is 248 cm³/mol. The van der Waals surface area contributed by atoms with Crippen LogP contribution in [0.3, 0.4) is 0 Å². The average Bonchev–Trinajstić information content (AvgIpc) is 3.20. The molecule has 0 aliphatic rings. The van der Waals surface area contributed by atoms with E-state index >= 15 is 0 Å². The maximum atomic E-state index is 12.4. The Balaban J connectivity index is 3.60. The summed E-state index contributed by atoms with van der Waals surface area (Å²) in [5.74, 6) is -0.0845. The van der Waals surface area contributed by atoms with Gasteiger partial charge in [0.2, 0.25) is 5.91 Å². The van der Waals surface area contributed by atoms with Crippen LogP contribution in [-0.4, -0.2) is 34.9 Å². The molecule has 56 heavy (non-hydrogen) atoms. The van der Waals surface area contributed by atoms with Crippen LogP contribution in [0.1, 0.15) is 194 Å². The van der Waals surface area contributed by atoms with E-state index in [0.717, 1.165) is 77.0 Å². The van der Waals surface area contributed by atoms with E-state index in [1.54, 1.807) is 6.08 Å². The number of allylic oxidation sites excluding steroid dienone is 17. The SMILES string of the molecule is CC/C=C\C/C=C\C/C=C\C/C=C\C/C=C\C/C=C\C/C=C\CCCCCCCCCCCCCC(=O)NC(CO)C(O)/C=C/CC/C=C/CCCCCCC. The summed E-state index contributed by atoms with van der Waals surface area (Å²) in [6, 6.07) is -0.645. The van der Waals surface area contributed by atoms with Crippen molar-refractivity contribution in [1.29, 1.82) is 0 Å². The first-order valence-electron chi connectivity index (χ1n) is 23.1. The van der Waals surface area contributed by atoms with E-state index in [1.165, 1.54) is 96.3 Å². The molecule has 4 nitrogen and oxygen atoms in total. The van der Waals surface area contributed by atoms with E-state index in [2.05, 4.69) is 116 Å². The fourth-order valence-electron chi connectivity index (χ4n) is 6.23. The maximum absolute atomic E-state index is 12.4. The van der Waals surface area contributed by atoms with Crippen molar-refractivity contribution >= 4 is 5.91 Å². The zero-order chi connectivity index (χ0) is 40.7. The van der Waals surface area contributed by atoms with Gasteiger partial charge in [-0.3, -0.25) is 4.79 Å². The Morgan fingerprint density at radius 3 is 1.25 bits per heavy atom. The first kappa shape index (κ1) is 53.0. The third-order valence-corrected chi connectivity index (χ3v) is 9.74. The lowest BCUT2D eigenvalue weighted by atomic mass is 10.0. The van der Waals surface area contributed by atoms with Gasteiger partial charge < -0.3 is 15.5 Å². The molecule has 2 unspecified atom stereocenters. The summed E-state index contributed by atoms with van der Waals surface area (Å²) in [6.07, 6.45) is 70.7. The van der Waals surface area contributed by atoms with Gasteiger partial charge in [0, 0.05) is 6.42 Å². The topological polar surface area (TPSA) is 69.6 Å². The van der Waals surface area contributed by atoms with Crippen LogP contribution < -0.4 is 5.32 Å². The number of hydrogen-bond acceptors (Lipinski definition) is 3. The quantitative estimate of drug-likeness (QED) is 0.0429. The van der Waals surface area contributed by atoms with Gasteiger partial charge in [-0.1, -0.05) is 207 Å². The Morgan fingerprint density at radius 2 is 0.804 bits per heavy atom. The number of hydrogen-bond donors (Lipinski definition) is 3. The summed E-state index contributed by atoms with van der Waals surface area (Å²) in [5, 5.41) is 22.9. The highest BCUT2D eigenvalue weighted by Gasteiger charge is 2.17. The molecule has 0 saturated carbocycles. The van der Waals surface area contributed by atoms with Gasteiger partial charge in [-0.05, 0) is 89.9 Å². The number of rotatable bonds is 40. The lowest BCUT2D eigenvalue weighted by Gasteiger charge is -2.19. The molecule has 2 atom stereocenters. The fourth-order valence-corrected chi connectivity index (χ4v) is 6.23. The molecule has 0 radical (unpaired) electrons. The molecular formula is C52H87NO3. The second kappa shape index (κ2) is 46.4. The molecule has 318 valence electrons. The Labute approximate surface area is 346 Å². The van der Waals surface area contributed by atoms with E-state index in [-0.39, 0.29) is 12.5 Å². The molecule has 0 aromatic heterocycles. The van der Waals surface area contributed by atoms with Crippen molar-refractivity contribution in [1.82, 2.24) is 5.32 Å². The van der Waals surface area contributed by atoms with E-state index in [4.69, 9.17) is 0 Å². The van der Waals surface area contributed by atoms with Crippen LogP contribution in [0.15, 0.2) is 109 Å². The third-order valence-electron chi connectivity index (χ3n) is 9.74. The number of carbonyl (C=O) groups is 1. The summed E-state index contributed by atoms with van der Waals surface area (Å²) in [6.45, 7) is 4.14. The second-order valence-corrected chi connectivity index (χ2v) is 15.1. The molecule has 0 aromatic carbocycles. The minimum atomic E-state index is -0.868. The van der Waals surface area contributed by atoms with Crippen LogP contribution in [0.2, 0.25) is 0 Å². The molecule has 0 aliphatic heterocycles. The molecular weight excluding hydrogens is 687 g/mol. The zero-order valence-corrected chi connectivity index (χ0v) is 36.4. The Morgan fingerprint density at radius 1 is 0.446 bits per heavy atom. The highest BCUT2D eigenvalue weighted by Crippen LogP contribution is 2.13. The highest BCUT2D eigenvalue weighted by atomic mass is 16.3. The molecule has 3 N–H and O–H groups in total. The van der Waals surface area contributed by atoms with Crippen molar-refractivity contribution in [3.63, 3.8) is 0 Å². The van der Waals surface area contributed by atoms with Gasteiger partial charge in [0.25, 0.3) is 0 Å². The van der Waals surface area contributed by atoms with Gasteiger partial charge in [0.1, 0.15) is 0 Å². The Hall–Kier alpha value is -2.95. The molecule has 0 aromatic rings. The molecule has 0 heterocycles. The van der Waals surface area contributed by atoms with Crippen molar-refractivity contribution in [3.05, 3.63) is 109 Å². The van der Waals surface area contributed by atoms with Gasteiger partial charge in [0.15, 0.2) is 0 Å². The van der Waals surface area contributed by atoms with Gasteiger partial charge >= 0.3 is 0 Å². The molecule has 0 fully saturated rings. The van der Waals surface area contributed by atoms with Crippen LogP contribution in [0.25, 0.3) is 0 Å². The Kier molecular flexibility index (Phi) is 44.0. The van der Waals surface area contributed by atoms with Gasteiger partial charge in [-0.25, -0.2) is 0 Å². The van der Waals surface area contributed by atoms with Gasteiger partial charge in [-0.2, -0.15) is 0 Å². The minimum Gasteiger partial charge on any atom is -0.394 e. The predicted octanol–water partition coefficient (Wildman–Crippen LogP) is 14.8. The van der Waals surface area contributed by atoms with Crippen LogP contribution in [-0.2, 0) is 4.79 Å². The van der Waals surface area contributed by atoms with Crippen LogP contribution in [0, 0.1) is 0 Å². The summed E-state index contributed by atoms with van der Waals surface area (Å²) in [4.78, 5) is 12.4. The van der Waals surface area contributed by atoms with E-state index in [1.807, 2.05) is 6.08 Å². The second-order valence-electron chi connectivity index (χ2n) is 15.1. The number of nitrogens with one attached hydrogen (secondary N) is 1. The fraction of sp³-hybridized carbons (Fsp3) is 0.635. The first-order valence-corrected chi connectivity index (χ1v) is 23.1. The largest absolute Gasteiger partial charge is 0.394 e. The van der Waals surface area contributed by atoms with Crippen molar-refractivity contribution in [2.45, 2.75) is 206 Å². The third kappa shape index (κ3) is 42.2. The highest BCUT2D eigenvalue weighted by molar-refractivity contribution is 5.76. The van der Waals surface area contributed by atoms with Gasteiger partial charge in [-0.15, -0.1) is 0 Å². The van der Waals surface area contributed by atoms with Crippen LogP contribution in [0.4, 0.5) is 0 Å². The summed E-state index contributed by atoms with van der Waals surface area (Å²) >= 11 is 0. The first-order chi connectivity index (χ1) is 27.7. The summed E-state index contributed by atoms with van der Waals surface area (Å²) in [5.41, 5.74) is 0. The van der Waals surface area contributed by atoms with E-state index in [9.17, 15) is 15.0 Å². The van der Waals surface area contributed by atoms with E-state index < -0.39 is 12.1 Å². The van der Waals surface area contributed by atoms with Gasteiger partial charge in [0.05, 0.1) is 18.8 Å². The molecule has 0 spiro atoms. The number of carbonyl (C=O) groups excluding carboxylic acids is 1. The number of amides is 1. The number of aliphatic hydroxyl groups excluding tert-OH is 2. The summed E-state index contributed by atoms with van der Waals surface area (Å²) < 4.78 is 0. The Bertz CT molecular complexity index is 1110. The normalized spacial score (nSPS) is 14.0. The standard InChI is InChI=1S/C52H87NO3/c1-3-5-7-9-11-13-15-16-17-18-19-20-21-22-23-24-25-26-27-28-29-30-31-32-33-34-35-36-38-40-42-44-46-48-52(56)53-50(49-54)51(55)47-45-43-41-39-37-14-12-10-8-6-4-2/h5,7,11,13,16-17,19-20,22-23,25-26,28-29,37,39,45,47,50-51,54-55H,3-4,6,8-10,12,14-15,18,21,24,27,30-36,38,40-44,46,48-49H2,1-2H3,(H,53,56)/b7-5-,13-11-,17-16-,20-19-,23-22-,26-25-,29-28-,39-37+,47-45+. The maximum Gasteiger partial charge on any atom is 0.220 e. The van der Waals surface area contributed by atoms with Crippen molar-refractivity contribution in [3.8, 4) is 0 Å². The lowest BCUT2D eigenvalue weighted by Crippen LogP contribution is -2.45. The lowest BCUT2D eigenvalue weighted by molar-refractivity contribution is -0.123. The van der Waals surface area contributed by atoms with Crippen LogP contribution >= 0.6 is 0 Å². The van der Waals surface area contributed by atoms with E-state index in [0.29, 0.717) is 6.42 Å². The molecule has 0 rings (SSSR count). The molecule has 0 saturated heterocycles. The number of unbranched alkanes of at least 4 members (excludes halogenated alkanes) is 17. The molecule has 4 heteroatoms. The minimum absolute atomic E-state index is 0.0845. The average molecular weight is 774 g/mol. The van der Waals surface area contributed by atoms with Crippen molar-refractivity contribution in [2.75, 3.05) is 6.61 Å². The van der Waals surface area contributed by atoms with Crippen molar-refractivity contribution < 1.29 is 15.0 Å². The monoisotopic (exact) mass is 774 g/mol. The smallest absolute Gasteiger partial charge is 0.220 e. The molecule has 0 bridgehead atoms. The summed E-state index contributed by atoms with van der Waals surface area (Å²) in [7, 11) is 0.